The fourth-order valence-corrected chi connectivity index (χ4v) is 1.39. The second-order valence-electron chi connectivity index (χ2n) is 4.08. The van der Waals surface area contributed by atoms with Crippen molar-refractivity contribution in [1.29, 1.82) is 0 Å². The third-order valence-electron chi connectivity index (χ3n) is 2.08. The van der Waals surface area contributed by atoms with Crippen molar-refractivity contribution in [3.8, 4) is 0 Å². The Morgan fingerprint density at radius 3 is 2.50 bits per heavy atom. The summed E-state index contributed by atoms with van der Waals surface area (Å²) < 4.78 is 5.11. The van der Waals surface area contributed by atoms with Crippen molar-refractivity contribution in [2.45, 2.75) is 39.7 Å². The zero-order valence-electron chi connectivity index (χ0n) is 10.5. The Morgan fingerprint density at radius 1 is 1.44 bits per heavy atom. The minimum atomic E-state index is 0. The van der Waals surface area contributed by atoms with Crippen molar-refractivity contribution in [1.82, 2.24) is 5.32 Å². The van der Waals surface area contributed by atoms with E-state index in [-0.39, 0.29) is 24.4 Å². The van der Waals surface area contributed by atoms with Crippen LogP contribution in [0, 0.1) is 5.92 Å². The van der Waals surface area contributed by atoms with Gasteiger partial charge in [0.25, 0.3) is 0 Å². The van der Waals surface area contributed by atoms with Crippen molar-refractivity contribution < 1.29 is 9.53 Å². The van der Waals surface area contributed by atoms with Gasteiger partial charge in [-0.05, 0) is 19.3 Å². The lowest BCUT2D eigenvalue weighted by molar-refractivity contribution is -0.122. The zero-order chi connectivity index (χ0) is 11.7. The van der Waals surface area contributed by atoms with Crippen LogP contribution in [0.4, 0.5) is 0 Å². The first-order chi connectivity index (χ1) is 7.10. The second kappa shape index (κ2) is 11.2. The Kier molecular flexibility index (Phi) is 12.6. The molecule has 3 N–H and O–H groups in total. The molecule has 1 unspecified atom stereocenters. The quantitative estimate of drug-likeness (QED) is 0.641. The number of halogens is 1. The van der Waals surface area contributed by atoms with Crippen LogP contribution in [0.1, 0.15) is 33.6 Å². The van der Waals surface area contributed by atoms with Gasteiger partial charge in [-0.25, -0.2) is 0 Å². The number of carbonyl (C=O) groups is 1. The molecule has 0 saturated carbocycles. The third-order valence-corrected chi connectivity index (χ3v) is 2.08. The third kappa shape index (κ3) is 10.2. The van der Waals surface area contributed by atoms with Crippen LogP contribution in [0.5, 0.6) is 0 Å². The van der Waals surface area contributed by atoms with Crippen LogP contribution in [0.15, 0.2) is 0 Å². The topological polar surface area (TPSA) is 64.3 Å². The number of hydrogen-bond acceptors (Lipinski definition) is 3. The van der Waals surface area contributed by atoms with Gasteiger partial charge < -0.3 is 15.8 Å². The number of amides is 1. The van der Waals surface area contributed by atoms with Gasteiger partial charge in [-0.2, -0.15) is 0 Å². The largest absolute Gasteiger partial charge is 0.381 e. The molecule has 0 aromatic heterocycles. The first-order valence-electron chi connectivity index (χ1n) is 5.67. The van der Waals surface area contributed by atoms with E-state index in [0.29, 0.717) is 32.1 Å². The van der Waals surface area contributed by atoms with E-state index in [1.165, 1.54) is 0 Å². The summed E-state index contributed by atoms with van der Waals surface area (Å²) in [5.74, 6) is 0.574. The van der Waals surface area contributed by atoms with Gasteiger partial charge in [0.1, 0.15) is 0 Å². The molecule has 1 amide bonds. The van der Waals surface area contributed by atoms with E-state index in [2.05, 4.69) is 19.2 Å². The van der Waals surface area contributed by atoms with Crippen LogP contribution in [0.3, 0.4) is 0 Å². The van der Waals surface area contributed by atoms with Crippen LogP contribution in [-0.2, 0) is 9.53 Å². The average Bonchev–Trinajstić information content (AvgIpc) is 2.16. The monoisotopic (exact) mass is 252 g/mol. The van der Waals surface area contributed by atoms with Gasteiger partial charge >= 0.3 is 0 Å². The first kappa shape index (κ1) is 18.1. The van der Waals surface area contributed by atoms with Crippen molar-refractivity contribution in [3.05, 3.63) is 0 Å². The molecule has 5 heteroatoms. The summed E-state index contributed by atoms with van der Waals surface area (Å²) in [6.45, 7) is 7.79. The van der Waals surface area contributed by atoms with Crippen LogP contribution in [0.2, 0.25) is 0 Å². The fraction of sp³-hybridized carbons (Fsp3) is 0.909. The average molecular weight is 253 g/mol. The molecule has 0 radical (unpaired) electrons. The Hall–Kier alpha value is -0.320. The zero-order valence-corrected chi connectivity index (χ0v) is 11.3. The Balaban J connectivity index is 0. The number of ether oxygens (including phenoxy) is 1. The molecule has 0 saturated heterocycles. The Labute approximate surface area is 105 Å². The molecule has 16 heavy (non-hydrogen) atoms. The van der Waals surface area contributed by atoms with E-state index in [4.69, 9.17) is 10.5 Å². The highest BCUT2D eigenvalue weighted by atomic mass is 35.5. The van der Waals surface area contributed by atoms with Gasteiger partial charge in [-0.1, -0.05) is 13.8 Å². The van der Waals surface area contributed by atoms with Crippen molar-refractivity contribution >= 4 is 18.3 Å². The highest BCUT2D eigenvalue weighted by Gasteiger charge is 2.11. The van der Waals surface area contributed by atoms with Crippen molar-refractivity contribution in [2.24, 2.45) is 11.7 Å². The van der Waals surface area contributed by atoms with Gasteiger partial charge in [0, 0.05) is 25.6 Å². The Bertz CT molecular complexity index is 177. The minimum absolute atomic E-state index is 0. The molecule has 0 aromatic rings. The summed E-state index contributed by atoms with van der Waals surface area (Å²) >= 11 is 0. The maximum absolute atomic E-state index is 11.4. The lowest BCUT2D eigenvalue weighted by Crippen LogP contribution is -2.41. The van der Waals surface area contributed by atoms with E-state index in [1.54, 1.807) is 0 Å². The molecule has 0 rings (SSSR count). The van der Waals surface area contributed by atoms with E-state index in [1.807, 2.05) is 6.92 Å². The van der Waals surface area contributed by atoms with Crippen molar-refractivity contribution in [2.75, 3.05) is 19.8 Å². The number of nitrogens with two attached hydrogens (primary N) is 1. The summed E-state index contributed by atoms with van der Waals surface area (Å²) in [6, 6.07) is 0.0964. The molecule has 0 aliphatic rings. The SMILES string of the molecule is CCOCCC(=O)NC(CN)CC(C)C.Cl. The lowest BCUT2D eigenvalue weighted by atomic mass is 10.0. The minimum Gasteiger partial charge on any atom is -0.381 e. The molecule has 4 nitrogen and oxygen atoms in total. The van der Waals surface area contributed by atoms with E-state index >= 15 is 0 Å². The summed E-state index contributed by atoms with van der Waals surface area (Å²) in [7, 11) is 0. The summed E-state index contributed by atoms with van der Waals surface area (Å²) in [6.07, 6.45) is 1.35. The van der Waals surface area contributed by atoms with E-state index in [9.17, 15) is 4.79 Å². The second-order valence-corrected chi connectivity index (χ2v) is 4.08. The number of hydrogen-bond donors (Lipinski definition) is 2. The Morgan fingerprint density at radius 2 is 2.06 bits per heavy atom. The molecular weight excluding hydrogens is 228 g/mol. The summed E-state index contributed by atoms with van der Waals surface area (Å²) in [5.41, 5.74) is 5.58. The summed E-state index contributed by atoms with van der Waals surface area (Å²) in [4.78, 5) is 11.4. The molecule has 98 valence electrons. The number of nitrogens with one attached hydrogen (secondary N) is 1. The number of carbonyl (C=O) groups excluding carboxylic acids is 1. The first-order valence-corrected chi connectivity index (χ1v) is 5.67. The maximum Gasteiger partial charge on any atom is 0.222 e. The van der Waals surface area contributed by atoms with Crippen LogP contribution >= 0.6 is 12.4 Å². The van der Waals surface area contributed by atoms with Gasteiger partial charge in [0.2, 0.25) is 5.91 Å². The highest BCUT2D eigenvalue weighted by molar-refractivity contribution is 5.85. The van der Waals surface area contributed by atoms with Gasteiger partial charge in [-0.3, -0.25) is 4.79 Å². The molecule has 0 aromatic carbocycles. The van der Waals surface area contributed by atoms with Crippen LogP contribution < -0.4 is 11.1 Å². The lowest BCUT2D eigenvalue weighted by Gasteiger charge is -2.18. The molecule has 0 aliphatic carbocycles. The van der Waals surface area contributed by atoms with Gasteiger partial charge in [0.15, 0.2) is 0 Å². The maximum atomic E-state index is 11.4. The molecule has 0 spiro atoms. The summed E-state index contributed by atoms with van der Waals surface area (Å²) in [5, 5.41) is 2.91. The van der Waals surface area contributed by atoms with Crippen LogP contribution in [-0.4, -0.2) is 31.7 Å². The number of rotatable bonds is 8. The normalized spacial score (nSPS) is 12.1. The van der Waals surface area contributed by atoms with Gasteiger partial charge in [-0.15, -0.1) is 12.4 Å². The molecule has 0 bridgehead atoms. The standard InChI is InChI=1S/C11H24N2O2.ClH/c1-4-15-6-5-11(14)13-10(8-12)7-9(2)3;/h9-10H,4-8,12H2,1-3H3,(H,13,14);1H. The van der Waals surface area contributed by atoms with E-state index in [0.717, 1.165) is 6.42 Å². The molecule has 0 fully saturated rings. The smallest absolute Gasteiger partial charge is 0.222 e. The fourth-order valence-electron chi connectivity index (χ4n) is 1.39. The molecule has 0 aliphatic heterocycles. The van der Waals surface area contributed by atoms with Crippen molar-refractivity contribution in [3.63, 3.8) is 0 Å². The van der Waals surface area contributed by atoms with Gasteiger partial charge in [0.05, 0.1) is 6.61 Å². The predicted molar refractivity (Wildman–Crippen MR) is 68.8 cm³/mol. The molecule has 0 heterocycles. The predicted octanol–water partition coefficient (Wildman–Crippen LogP) is 1.32. The van der Waals surface area contributed by atoms with Crippen LogP contribution in [0.25, 0.3) is 0 Å². The molecule has 1 atom stereocenters. The highest BCUT2D eigenvalue weighted by Crippen LogP contribution is 2.03. The molecular formula is C11H25ClN2O2. The van der Waals surface area contributed by atoms with E-state index < -0.39 is 0 Å².